The minimum absolute atomic E-state index is 0.0244. The van der Waals surface area contributed by atoms with E-state index in [1.165, 1.54) is 16.4 Å². The van der Waals surface area contributed by atoms with Gasteiger partial charge in [0.1, 0.15) is 0 Å². The van der Waals surface area contributed by atoms with Crippen LogP contribution in [0.2, 0.25) is 0 Å². The molecule has 0 amide bonds. The van der Waals surface area contributed by atoms with Gasteiger partial charge in [-0.05, 0) is 25.0 Å². The molecule has 0 unspecified atom stereocenters. The van der Waals surface area contributed by atoms with E-state index in [2.05, 4.69) is 10.0 Å². The highest BCUT2D eigenvalue weighted by molar-refractivity contribution is 7.87. The van der Waals surface area contributed by atoms with Gasteiger partial charge in [0, 0.05) is 44.0 Å². The molecule has 9 heteroatoms. The van der Waals surface area contributed by atoms with Gasteiger partial charge in [0.25, 0.3) is 15.9 Å². The number of piperidine rings is 1. The average molecular weight is 328 g/mol. The summed E-state index contributed by atoms with van der Waals surface area (Å²) in [4.78, 5) is 10.1. The summed E-state index contributed by atoms with van der Waals surface area (Å²) in [6.45, 7) is 1.82. The Kier molecular flexibility index (Phi) is 5.69. The zero-order valence-electron chi connectivity index (χ0n) is 12.2. The molecular formula is C13H20N4O4S. The lowest BCUT2D eigenvalue weighted by atomic mass is 10.2. The number of benzene rings is 1. The molecule has 1 heterocycles. The van der Waals surface area contributed by atoms with Gasteiger partial charge in [-0.15, -0.1) is 0 Å². The summed E-state index contributed by atoms with van der Waals surface area (Å²) in [5, 5.41) is 13.6. The van der Waals surface area contributed by atoms with Crippen LogP contribution in [0.25, 0.3) is 0 Å². The molecule has 2 N–H and O–H groups in total. The second kappa shape index (κ2) is 7.52. The molecule has 8 nitrogen and oxygen atoms in total. The normalized spacial score (nSPS) is 16.4. The summed E-state index contributed by atoms with van der Waals surface area (Å²) in [5.41, 5.74) is 0.735. The first-order chi connectivity index (χ1) is 10.5. The molecule has 0 bridgehead atoms. The Hall–Kier alpha value is -1.71. The molecule has 0 atom stereocenters. The molecule has 122 valence electrons. The van der Waals surface area contributed by atoms with Gasteiger partial charge >= 0.3 is 0 Å². The van der Waals surface area contributed by atoms with Crippen molar-refractivity contribution in [3.63, 3.8) is 0 Å². The Morgan fingerprint density at radius 2 is 1.73 bits per heavy atom. The first-order valence-corrected chi connectivity index (χ1v) is 8.66. The van der Waals surface area contributed by atoms with Crippen LogP contribution in [0.15, 0.2) is 24.3 Å². The van der Waals surface area contributed by atoms with E-state index in [4.69, 9.17) is 0 Å². The number of rotatable bonds is 7. The maximum absolute atomic E-state index is 12.0. The van der Waals surface area contributed by atoms with Crippen LogP contribution in [-0.2, 0) is 10.2 Å². The molecular weight excluding hydrogens is 308 g/mol. The number of nitro groups is 1. The largest absolute Gasteiger partial charge is 0.384 e. The van der Waals surface area contributed by atoms with Crippen molar-refractivity contribution in [3.05, 3.63) is 34.4 Å². The molecule has 1 aromatic rings. The number of anilines is 1. The van der Waals surface area contributed by atoms with E-state index in [0.717, 1.165) is 19.3 Å². The van der Waals surface area contributed by atoms with Crippen molar-refractivity contribution in [1.29, 1.82) is 0 Å². The standard InChI is InChI=1S/C13H20N4O4S/c18-17(19)13-6-4-12(5-7-13)14-8-9-15-22(20,21)16-10-2-1-3-11-16/h4-7,14-15H,1-3,8-11H2. The van der Waals surface area contributed by atoms with E-state index in [1.807, 2.05) is 0 Å². The van der Waals surface area contributed by atoms with Crippen molar-refractivity contribution < 1.29 is 13.3 Å². The Balaban J connectivity index is 1.75. The van der Waals surface area contributed by atoms with Crippen LogP contribution >= 0.6 is 0 Å². The number of nitrogens with one attached hydrogen (secondary N) is 2. The van der Waals surface area contributed by atoms with Gasteiger partial charge in [-0.3, -0.25) is 10.1 Å². The minimum Gasteiger partial charge on any atom is -0.384 e. The number of nitrogens with zero attached hydrogens (tertiary/aromatic N) is 2. The summed E-state index contributed by atoms with van der Waals surface area (Å²) < 4.78 is 28.1. The summed E-state index contributed by atoms with van der Waals surface area (Å²) in [5.74, 6) is 0. The van der Waals surface area contributed by atoms with Crippen molar-refractivity contribution in [2.45, 2.75) is 19.3 Å². The third kappa shape index (κ3) is 4.65. The minimum atomic E-state index is -3.40. The van der Waals surface area contributed by atoms with Crippen LogP contribution < -0.4 is 10.0 Å². The van der Waals surface area contributed by atoms with E-state index in [-0.39, 0.29) is 12.2 Å². The fourth-order valence-electron chi connectivity index (χ4n) is 2.28. The van der Waals surface area contributed by atoms with Crippen molar-refractivity contribution in [1.82, 2.24) is 9.03 Å². The van der Waals surface area contributed by atoms with E-state index >= 15 is 0 Å². The van der Waals surface area contributed by atoms with Crippen LogP contribution in [0, 0.1) is 10.1 Å². The van der Waals surface area contributed by atoms with Crippen molar-refractivity contribution >= 4 is 21.6 Å². The van der Waals surface area contributed by atoms with E-state index in [9.17, 15) is 18.5 Å². The highest BCUT2D eigenvalue weighted by atomic mass is 32.2. The van der Waals surface area contributed by atoms with Crippen molar-refractivity contribution in [2.75, 3.05) is 31.5 Å². The molecule has 0 spiro atoms. The van der Waals surface area contributed by atoms with Crippen molar-refractivity contribution in [2.24, 2.45) is 0 Å². The SMILES string of the molecule is O=[N+]([O-])c1ccc(NCCNS(=O)(=O)N2CCCCC2)cc1. The number of nitro benzene ring substituents is 1. The average Bonchev–Trinajstić information content (AvgIpc) is 2.53. The predicted molar refractivity (Wildman–Crippen MR) is 83.9 cm³/mol. The lowest BCUT2D eigenvalue weighted by Crippen LogP contribution is -2.44. The summed E-state index contributed by atoms with van der Waals surface area (Å²) in [6.07, 6.45) is 2.89. The Morgan fingerprint density at radius 3 is 2.32 bits per heavy atom. The van der Waals surface area contributed by atoms with Gasteiger partial charge in [-0.2, -0.15) is 12.7 Å². The number of hydrogen-bond acceptors (Lipinski definition) is 5. The second-order valence-electron chi connectivity index (χ2n) is 5.09. The predicted octanol–water partition coefficient (Wildman–Crippen LogP) is 1.33. The number of hydrogen-bond donors (Lipinski definition) is 2. The zero-order valence-corrected chi connectivity index (χ0v) is 13.0. The lowest BCUT2D eigenvalue weighted by Gasteiger charge is -2.25. The molecule has 0 saturated carbocycles. The Bertz CT molecular complexity index is 597. The van der Waals surface area contributed by atoms with Crippen LogP contribution in [0.5, 0.6) is 0 Å². The smallest absolute Gasteiger partial charge is 0.279 e. The van der Waals surface area contributed by atoms with Crippen LogP contribution in [0.1, 0.15) is 19.3 Å². The topological polar surface area (TPSA) is 105 Å². The zero-order chi connectivity index (χ0) is 16.0. The first kappa shape index (κ1) is 16.7. The highest BCUT2D eigenvalue weighted by Crippen LogP contribution is 2.15. The number of non-ortho nitro benzene ring substituents is 1. The molecule has 1 aromatic carbocycles. The lowest BCUT2D eigenvalue weighted by molar-refractivity contribution is -0.384. The molecule has 1 saturated heterocycles. The van der Waals surface area contributed by atoms with Gasteiger partial charge in [-0.1, -0.05) is 6.42 Å². The summed E-state index contributed by atoms with van der Waals surface area (Å²) >= 11 is 0. The van der Waals surface area contributed by atoms with Crippen molar-refractivity contribution in [3.8, 4) is 0 Å². The van der Waals surface area contributed by atoms with Crippen LogP contribution in [0.3, 0.4) is 0 Å². The third-order valence-corrected chi connectivity index (χ3v) is 5.09. The fraction of sp³-hybridized carbons (Fsp3) is 0.538. The Labute approximate surface area is 129 Å². The first-order valence-electron chi connectivity index (χ1n) is 7.22. The van der Waals surface area contributed by atoms with E-state index in [1.54, 1.807) is 12.1 Å². The molecule has 2 rings (SSSR count). The molecule has 1 aliphatic heterocycles. The van der Waals surface area contributed by atoms with Gasteiger partial charge < -0.3 is 5.32 Å². The molecule has 1 fully saturated rings. The van der Waals surface area contributed by atoms with Gasteiger partial charge in [0.05, 0.1) is 4.92 Å². The van der Waals surface area contributed by atoms with Gasteiger partial charge in [-0.25, -0.2) is 4.72 Å². The fourth-order valence-corrected chi connectivity index (χ4v) is 3.57. The summed E-state index contributed by atoms with van der Waals surface area (Å²) in [6, 6.07) is 6.00. The molecule has 0 radical (unpaired) electrons. The molecule has 22 heavy (non-hydrogen) atoms. The van der Waals surface area contributed by atoms with Gasteiger partial charge in [0.2, 0.25) is 0 Å². The molecule has 0 aromatic heterocycles. The second-order valence-corrected chi connectivity index (χ2v) is 6.85. The maximum Gasteiger partial charge on any atom is 0.279 e. The van der Waals surface area contributed by atoms with Crippen LogP contribution in [0.4, 0.5) is 11.4 Å². The molecule has 0 aliphatic carbocycles. The Morgan fingerprint density at radius 1 is 1.09 bits per heavy atom. The highest BCUT2D eigenvalue weighted by Gasteiger charge is 2.22. The van der Waals surface area contributed by atoms with Gasteiger partial charge in [0.15, 0.2) is 0 Å². The summed E-state index contributed by atoms with van der Waals surface area (Å²) in [7, 11) is -3.40. The van der Waals surface area contributed by atoms with E-state index in [0.29, 0.717) is 25.3 Å². The molecule has 1 aliphatic rings. The quantitative estimate of drug-likeness (QED) is 0.446. The van der Waals surface area contributed by atoms with E-state index < -0.39 is 15.1 Å². The third-order valence-electron chi connectivity index (χ3n) is 3.47. The maximum atomic E-state index is 12.0. The van der Waals surface area contributed by atoms with Crippen LogP contribution in [-0.4, -0.2) is 43.8 Å². The monoisotopic (exact) mass is 328 g/mol.